The number of benzene rings is 1. The molecule has 2 aromatic rings. The lowest BCUT2D eigenvalue weighted by Gasteiger charge is -1.90. The van der Waals surface area contributed by atoms with Crippen LogP contribution in [0.3, 0.4) is 0 Å². The van der Waals surface area contributed by atoms with Crippen LogP contribution in [0.1, 0.15) is 9.67 Å². The minimum atomic E-state index is -0.418. The molecule has 0 aliphatic heterocycles. The number of rotatable bonds is 1. The number of halogens is 1. The molecule has 0 saturated carbocycles. The van der Waals surface area contributed by atoms with Gasteiger partial charge in [-0.15, -0.1) is 11.3 Å². The van der Waals surface area contributed by atoms with Gasteiger partial charge in [0, 0.05) is 10.1 Å². The Hall–Kier alpha value is -1.42. The van der Waals surface area contributed by atoms with E-state index < -0.39 is 5.82 Å². The van der Waals surface area contributed by atoms with Crippen LogP contribution in [0.5, 0.6) is 5.75 Å². The Morgan fingerprint density at radius 1 is 1.46 bits per heavy atom. The van der Waals surface area contributed by atoms with Crippen molar-refractivity contribution in [2.75, 3.05) is 0 Å². The summed E-state index contributed by atoms with van der Waals surface area (Å²) in [5, 5.41) is 9.82. The smallest absolute Gasteiger partial charge is 0.163 e. The predicted octanol–water partition coefficient (Wildman–Crippen LogP) is 2.56. The van der Waals surface area contributed by atoms with E-state index in [9.17, 15) is 14.3 Å². The van der Waals surface area contributed by atoms with Gasteiger partial charge in [-0.05, 0) is 18.2 Å². The van der Waals surface area contributed by atoms with Gasteiger partial charge in [0.2, 0.25) is 0 Å². The van der Waals surface area contributed by atoms with E-state index in [-0.39, 0.29) is 10.6 Å². The fourth-order valence-electron chi connectivity index (χ4n) is 1.16. The summed E-state index contributed by atoms with van der Waals surface area (Å²) in [5.41, 5.74) is 0. The first-order valence-corrected chi connectivity index (χ1v) is 4.40. The van der Waals surface area contributed by atoms with Crippen molar-refractivity contribution in [2.45, 2.75) is 0 Å². The SMILES string of the molecule is O=Cc1sc2ccc(F)cc2c1O. The van der Waals surface area contributed by atoms with Crippen molar-refractivity contribution >= 4 is 27.7 Å². The molecule has 0 aliphatic carbocycles. The van der Waals surface area contributed by atoms with Gasteiger partial charge in [0.15, 0.2) is 6.29 Å². The van der Waals surface area contributed by atoms with Crippen molar-refractivity contribution in [2.24, 2.45) is 0 Å². The Balaban J connectivity index is 2.84. The van der Waals surface area contributed by atoms with E-state index in [1.165, 1.54) is 12.1 Å². The third-order valence-corrected chi connectivity index (χ3v) is 2.84. The van der Waals surface area contributed by atoms with Crippen molar-refractivity contribution < 1.29 is 14.3 Å². The van der Waals surface area contributed by atoms with Crippen molar-refractivity contribution in [3.8, 4) is 5.75 Å². The number of hydrogen-bond donors (Lipinski definition) is 1. The van der Waals surface area contributed by atoms with E-state index >= 15 is 0 Å². The third-order valence-electron chi connectivity index (χ3n) is 1.76. The topological polar surface area (TPSA) is 37.3 Å². The second-order valence-corrected chi connectivity index (χ2v) is 3.66. The molecule has 0 spiro atoms. The molecule has 0 atom stereocenters. The van der Waals surface area contributed by atoms with Gasteiger partial charge in [-0.1, -0.05) is 0 Å². The van der Waals surface area contributed by atoms with Gasteiger partial charge in [-0.2, -0.15) is 0 Å². The molecule has 0 saturated heterocycles. The Morgan fingerprint density at radius 3 is 2.92 bits per heavy atom. The first-order valence-electron chi connectivity index (χ1n) is 3.58. The largest absolute Gasteiger partial charge is 0.506 e. The highest BCUT2D eigenvalue weighted by Crippen LogP contribution is 2.35. The third kappa shape index (κ3) is 1.19. The molecule has 0 fully saturated rings. The maximum Gasteiger partial charge on any atom is 0.163 e. The van der Waals surface area contributed by atoms with Crippen LogP contribution >= 0.6 is 11.3 Å². The summed E-state index contributed by atoms with van der Waals surface area (Å²) in [5.74, 6) is -0.549. The second kappa shape index (κ2) is 2.81. The molecule has 2 nitrogen and oxygen atoms in total. The van der Waals surface area contributed by atoms with Crippen LogP contribution in [-0.2, 0) is 0 Å². The molecule has 0 radical (unpaired) electrons. The van der Waals surface area contributed by atoms with Crippen LogP contribution in [0.15, 0.2) is 18.2 Å². The second-order valence-electron chi connectivity index (χ2n) is 2.57. The van der Waals surface area contributed by atoms with E-state index in [4.69, 9.17) is 0 Å². The van der Waals surface area contributed by atoms with Crippen LogP contribution in [0.2, 0.25) is 0 Å². The molecule has 66 valence electrons. The average Bonchev–Trinajstić information content (AvgIpc) is 2.44. The highest BCUT2D eigenvalue weighted by molar-refractivity contribution is 7.21. The molecule has 1 aromatic heterocycles. The maximum atomic E-state index is 12.7. The van der Waals surface area contributed by atoms with Crippen LogP contribution in [0.25, 0.3) is 10.1 Å². The van der Waals surface area contributed by atoms with Crippen LogP contribution in [0.4, 0.5) is 4.39 Å². The number of aldehydes is 1. The molecule has 0 amide bonds. The summed E-state index contributed by atoms with van der Waals surface area (Å²) < 4.78 is 13.4. The molecule has 1 N–H and O–H groups in total. The highest BCUT2D eigenvalue weighted by atomic mass is 32.1. The Labute approximate surface area is 77.2 Å². The first-order chi connectivity index (χ1) is 6.22. The zero-order valence-electron chi connectivity index (χ0n) is 6.45. The summed E-state index contributed by atoms with van der Waals surface area (Å²) in [7, 11) is 0. The standard InChI is InChI=1S/C9H5FO2S/c10-5-1-2-7-6(3-5)9(12)8(4-11)13-7/h1-4,12H. The molecule has 0 unspecified atom stereocenters. The van der Waals surface area contributed by atoms with Crippen molar-refractivity contribution in [1.29, 1.82) is 0 Å². The quantitative estimate of drug-likeness (QED) is 0.711. The van der Waals surface area contributed by atoms with E-state index in [0.717, 1.165) is 11.3 Å². The predicted molar refractivity (Wildman–Crippen MR) is 48.8 cm³/mol. The molecule has 0 bridgehead atoms. The molecule has 1 aromatic carbocycles. The Kier molecular flexibility index (Phi) is 1.77. The minimum absolute atomic E-state index is 0.130. The van der Waals surface area contributed by atoms with Crippen LogP contribution < -0.4 is 0 Å². The molecule has 0 aliphatic rings. The van der Waals surface area contributed by atoms with E-state index in [1.807, 2.05) is 0 Å². The molecule has 4 heteroatoms. The lowest BCUT2D eigenvalue weighted by molar-refractivity contribution is 0.112. The van der Waals surface area contributed by atoms with Crippen LogP contribution in [0, 0.1) is 5.82 Å². The zero-order valence-corrected chi connectivity index (χ0v) is 7.27. The van der Waals surface area contributed by atoms with E-state index in [0.29, 0.717) is 16.4 Å². The van der Waals surface area contributed by atoms with E-state index in [1.54, 1.807) is 6.07 Å². The molecule has 2 rings (SSSR count). The van der Waals surface area contributed by atoms with Gasteiger partial charge >= 0.3 is 0 Å². The number of carbonyl (C=O) groups is 1. The van der Waals surface area contributed by atoms with Gasteiger partial charge in [-0.25, -0.2) is 4.39 Å². The number of aromatic hydroxyl groups is 1. The minimum Gasteiger partial charge on any atom is -0.506 e. The fraction of sp³-hybridized carbons (Fsp3) is 0. The molecule has 13 heavy (non-hydrogen) atoms. The Bertz CT molecular complexity index is 476. The number of thiophene rings is 1. The molecular weight excluding hydrogens is 191 g/mol. The van der Waals surface area contributed by atoms with E-state index in [2.05, 4.69) is 0 Å². The highest BCUT2D eigenvalue weighted by Gasteiger charge is 2.10. The normalized spacial score (nSPS) is 10.5. The fourth-order valence-corrected chi connectivity index (χ4v) is 2.05. The average molecular weight is 196 g/mol. The molecule has 1 heterocycles. The number of fused-ring (bicyclic) bond motifs is 1. The van der Waals surface area contributed by atoms with Crippen molar-refractivity contribution in [1.82, 2.24) is 0 Å². The first kappa shape index (κ1) is 8.19. The summed E-state index contributed by atoms with van der Waals surface area (Å²) >= 11 is 1.15. The van der Waals surface area contributed by atoms with Crippen LogP contribution in [-0.4, -0.2) is 11.4 Å². The Morgan fingerprint density at radius 2 is 2.23 bits per heavy atom. The molecular formula is C9H5FO2S. The number of hydrogen-bond acceptors (Lipinski definition) is 3. The monoisotopic (exact) mass is 196 g/mol. The lowest BCUT2D eigenvalue weighted by Crippen LogP contribution is -1.72. The van der Waals surface area contributed by atoms with Gasteiger partial charge < -0.3 is 5.11 Å². The van der Waals surface area contributed by atoms with Crippen molar-refractivity contribution in [3.05, 3.63) is 28.9 Å². The van der Waals surface area contributed by atoms with Gasteiger partial charge in [0.1, 0.15) is 16.4 Å². The lowest BCUT2D eigenvalue weighted by atomic mass is 10.2. The summed E-state index contributed by atoms with van der Waals surface area (Å²) in [6, 6.07) is 4.06. The van der Waals surface area contributed by atoms with Gasteiger partial charge in [0.25, 0.3) is 0 Å². The summed E-state index contributed by atoms with van der Waals surface area (Å²) in [6.45, 7) is 0. The zero-order chi connectivity index (χ0) is 9.42. The van der Waals surface area contributed by atoms with Crippen molar-refractivity contribution in [3.63, 3.8) is 0 Å². The van der Waals surface area contributed by atoms with Gasteiger partial charge in [-0.3, -0.25) is 4.79 Å². The summed E-state index contributed by atoms with van der Waals surface area (Å²) in [6.07, 6.45) is 0.567. The maximum absolute atomic E-state index is 12.7. The number of carbonyl (C=O) groups excluding carboxylic acids is 1. The summed E-state index contributed by atoms with van der Waals surface area (Å²) in [4.78, 5) is 10.7. The van der Waals surface area contributed by atoms with Gasteiger partial charge in [0.05, 0.1) is 0 Å².